The quantitative estimate of drug-likeness (QED) is 0.794. The van der Waals surface area contributed by atoms with E-state index in [0.717, 1.165) is 19.5 Å². The standard InChI is InChI=1S/C13H25N3O/c1-6-8-16-10-11(9-15-16)12(14-7-2)13(3,4)17-5/h9-10,12,14H,6-8H2,1-5H3. The Morgan fingerprint density at radius 1 is 1.47 bits per heavy atom. The van der Waals surface area contributed by atoms with Crippen LogP contribution in [0.3, 0.4) is 0 Å². The van der Waals surface area contributed by atoms with E-state index >= 15 is 0 Å². The predicted molar refractivity (Wildman–Crippen MR) is 70.0 cm³/mol. The zero-order chi connectivity index (χ0) is 12.9. The fraction of sp³-hybridized carbons (Fsp3) is 0.769. The van der Waals surface area contributed by atoms with Crippen molar-refractivity contribution in [2.45, 2.75) is 52.3 Å². The van der Waals surface area contributed by atoms with Crippen molar-refractivity contribution in [3.8, 4) is 0 Å². The first-order valence-corrected chi connectivity index (χ1v) is 6.36. The lowest BCUT2D eigenvalue weighted by molar-refractivity contribution is -0.0107. The number of aryl methyl sites for hydroxylation is 1. The molecule has 0 amide bonds. The first-order chi connectivity index (χ1) is 8.05. The van der Waals surface area contributed by atoms with E-state index in [4.69, 9.17) is 4.74 Å². The summed E-state index contributed by atoms with van der Waals surface area (Å²) in [5.41, 5.74) is 0.947. The van der Waals surface area contributed by atoms with Crippen LogP contribution in [0.5, 0.6) is 0 Å². The molecule has 1 aromatic rings. The number of likely N-dealkylation sites (N-methyl/N-ethyl adjacent to an activating group) is 1. The van der Waals surface area contributed by atoms with Gasteiger partial charge in [-0.05, 0) is 26.8 Å². The maximum Gasteiger partial charge on any atom is 0.0817 e. The molecule has 4 nitrogen and oxygen atoms in total. The van der Waals surface area contributed by atoms with Gasteiger partial charge in [-0.3, -0.25) is 4.68 Å². The number of rotatable bonds is 7. The summed E-state index contributed by atoms with van der Waals surface area (Å²) in [6.45, 7) is 10.3. The highest BCUT2D eigenvalue weighted by atomic mass is 16.5. The highest BCUT2D eigenvalue weighted by molar-refractivity contribution is 5.15. The second kappa shape index (κ2) is 6.17. The molecule has 0 spiro atoms. The Hall–Kier alpha value is -0.870. The van der Waals surface area contributed by atoms with E-state index in [1.807, 2.05) is 10.9 Å². The third-order valence-electron chi connectivity index (χ3n) is 3.07. The third-order valence-corrected chi connectivity index (χ3v) is 3.07. The second-order valence-electron chi connectivity index (χ2n) is 4.84. The highest BCUT2D eigenvalue weighted by Gasteiger charge is 2.30. The van der Waals surface area contributed by atoms with Gasteiger partial charge >= 0.3 is 0 Å². The maximum atomic E-state index is 5.58. The van der Waals surface area contributed by atoms with E-state index in [2.05, 4.69) is 44.3 Å². The zero-order valence-corrected chi connectivity index (χ0v) is 11.7. The van der Waals surface area contributed by atoms with Crippen molar-refractivity contribution in [1.29, 1.82) is 0 Å². The molecule has 98 valence electrons. The largest absolute Gasteiger partial charge is 0.377 e. The highest BCUT2D eigenvalue weighted by Crippen LogP contribution is 2.27. The minimum Gasteiger partial charge on any atom is -0.377 e. The molecule has 0 fully saturated rings. The van der Waals surface area contributed by atoms with Gasteiger partial charge < -0.3 is 10.1 Å². The van der Waals surface area contributed by atoms with Crippen LogP contribution < -0.4 is 5.32 Å². The monoisotopic (exact) mass is 239 g/mol. The third kappa shape index (κ3) is 3.54. The van der Waals surface area contributed by atoms with Gasteiger partial charge in [-0.2, -0.15) is 5.10 Å². The van der Waals surface area contributed by atoms with Gasteiger partial charge in [0, 0.05) is 25.4 Å². The number of methoxy groups -OCH3 is 1. The molecule has 0 saturated heterocycles. The molecule has 1 unspecified atom stereocenters. The number of nitrogens with zero attached hydrogens (tertiary/aromatic N) is 2. The van der Waals surface area contributed by atoms with Crippen molar-refractivity contribution in [2.24, 2.45) is 0 Å². The van der Waals surface area contributed by atoms with E-state index < -0.39 is 0 Å². The molecule has 0 aliphatic carbocycles. The van der Waals surface area contributed by atoms with Crippen LogP contribution in [0.1, 0.15) is 45.7 Å². The van der Waals surface area contributed by atoms with Crippen molar-refractivity contribution >= 4 is 0 Å². The van der Waals surface area contributed by atoms with E-state index in [0.29, 0.717) is 0 Å². The van der Waals surface area contributed by atoms with E-state index in [-0.39, 0.29) is 11.6 Å². The minimum absolute atomic E-state index is 0.170. The van der Waals surface area contributed by atoms with Gasteiger partial charge in [-0.15, -0.1) is 0 Å². The summed E-state index contributed by atoms with van der Waals surface area (Å²) in [7, 11) is 1.75. The fourth-order valence-electron chi connectivity index (χ4n) is 1.97. The van der Waals surface area contributed by atoms with Crippen molar-refractivity contribution in [3.05, 3.63) is 18.0 Å². The first-order valence-electron chi connectivity index (χ1n) is 6.36. The fourth-order valence-corrected chi connectivity index (χ4v) is 1.97. The smallest absolute Gasteiger partial charge is 0.0817 e. The van der Waals surface area contributed by atoms with Crippen molar-refractivity contribution in [1.82, 2.24) is 15.1 Å². The molecule has 1 heterocycles. The summed E-state index contributed by atoms with van der Waals surface area (Å²) in [4.78, 5) is 0. The summed E-state index contributed by atoms with van der Waals surface area (Å²) in [6, 6.07) is 0.170. The van der Waals surface area contributed by atoms with Crippen molar-refractivity contribution in [3.63, 3.8) is 0 Å². The summed E-state index contributed by atoms with van der Waals surface area (Å²) >= 11 is 0. The minimum atomic E-state index is -0.240. The molecule has 0 bridgehead atoms. The second-order valence-corrected chi connectivity index (χ2v) is 4.84. The van der Waals surface area contributed by atoms with Gasteiger partial charge in [-0.25, -0.2) is 0 Å². The summed E-state index contributed by atoms with van der Waals surface area (Å²) in [6.07, 6.45) is 5.14. The average Bonchev–Trinajstić information content (AvgIpc) is 2.74. The number of hydrogen-bond donors (Lipinski definition) is 1. The Balaban J connectivity index is 2.89. The molecule has 1 aromatic heterocycles. The molecular weight excluding hydrogens is 214 g/mol. The topological polar surface area (TPSA) is 39.1 Å². The Labute approximate surface area is 104 Å². The zero-order valence-electron chi connectivity index (χ0n) is 11.7. The van der Waals surface area contributed by atoms with Crippen LogP contribution in [0.2, 0.25) is 0 Å². The van der Waals surface area contributed by atoms with Gasteiger partial charge in [0.05, 0.1) is 17.8 Å². The van der Waals surface area contributed by atoms with E-state index in [9.17, 15) is 0 Å². The molecular formula is C13H25N3O. The van der Waals surface area contributed by atoms with E-state index in [1.165, 1.54) is 5.56 Å². The maximum absolute atomic E-state index is 5.58. The molecule has 0 aliphatic heterocycles. The summed E-state index contributed by atoms with van der Waals surface area (Å²) in [5.74, 6) is 0. The number of nitrogens with one attached hydrogen (secondary N) is 1. The summed E-state index contributed by atoms with van der Waals surface area (Å²) in [5, 5.41) is 7.85. The predicted octanol–water partition coefficient (Wildman–Crippen LogP) is 2.37. The van der Waals surface area contributed by atoms with E-state index in [1.54, 1.807) is 7.11 Å². The van der Waals surface area contributed by atoms with Crippen LogP contribution >= 0.6 is 0 Å². The Kier molecular flexibility index (Phi) is 5.15. The van der Waals surface area contributed by atoms with Crippen LogP contribution in [0, 0.1) is 0 Å². The molecule has 0 aliphatic rings. The number of aromatic nitrogens is 2. The SMILES string of the molecule is CCCn1cc(C(NCC)C(C)(C)OC)cn1. The number of hydrogen-bond acceptors (Lipinski definition) is 3. The van der Waals surface area contributed by atoms with Gasteiger partial charge in [0.15, 0.2) is 0 Å². The van der Waals surface area contributed by atoms with Crippen molar-refractivity contribution < 1.29 is 4.74 Å². The van der Waals surface area contributed by atoms with Crippen LogP contribution in [0.4, 0.5) is 0 Å². The molecule has 4 heteroatoms. The summed E-state index contributed by atoms with van der Waals surface area (Å²) < 4.78 is 7.57. The lowest BCUT2D eigenvalue weighted by atomic mass is 9.93. The first kappa shape index (κ1) is 14.2. The molecule has 1 atom stereocenters. The van der Waals surface area contributed by atoms with Crippen LogP contribution in [0.25, 0.3) is 0 Å². The lowest BCUT2D eigenvalue weighted by Crippen LogP contribution is -2.40. The van der Waals surface area contributed by atoms with Gasteiger partial charge in [0.1, 0.15) is 0 Å². The van der Waals surface area contributed by atoms with Gasteiger partial charge in [0.25, 0.3) is 0 Å². The molecule has 1 rings (SSSR count). The Morgan fingerprint density at radius 2 is 2.18 bits per heavy atom. The lowest BCUT2D eigenvalue weighted by Gasteiger charge is -2.33. The number of ether oxygens (including phenoxy) is 1. The molecule has 0 saturated carbocycles. The van der Waals surface area contributed by atoms with Gasteiger partial charge in [0.2, 0.25) is 0 Å². The van der Waals surface area contributed by atoms with Gasteiger partial charge in [-0.1, -0.05) is 13.8 Å². The molecule has 0 radical (unpaired) electrons. The van der Waals surface area contributed by atoms with Crippen molar-refractivity contribution in [2.75, 3.05) is 13.7 Å². The van der Waals surface area contributed by atoms with Crippen LogP contribution in [-0.2, 0) is 11.3 Å². The van der Waals surface area contributed by atoms with Crippen LogP contribution in [0.15, 0.2) is 12.4 Å². The average molecular weight is 239 g/mol. The molecule has 1 N–H and O–H groups in total. The van der Waals surface area contributed by atoms with Crippen LogP contribution in [-0.4, -0.2) is 29.0 Å². The Bertz CT molecular complexity index is 333. The Morgan fingerprint density at radius 3 is 2.71 bits per heavy atom. The molecule has 17 heavy (non-hydrogen) atoms. The molecule has 0 aromatic carbocycles. The normalized spacial score (nSPS) is 13.9.